The highest BCUT2D eigenvalue weighted by Crippen LogP contribution is 2.34. The maximum Gasteiger partial charge on any atom is 0.248 e. The van der Waals surface area contributed by atoms with Gasteiger partial charge in [-0.25, -0.2) is 18.7 Å². The molecule has 2 aromatic rings. The van der Waals surface area contributed by atoms with Crippen molar-refractivity contribution in [3.8, 4) is 10.7 Å². The number of hydrogen-bond donors (Lipinski definition) is 1. The third kappa shape index (κ3) is 4.27. The van der Waals surface area contributed by atoms with Gasteiger partial charge in [0.15, 0.2) is 0 Å². The molecular formula is C17H21F2N3OS. The number of thiazole rings is 1. The van der Waals surface area contributed by atoms with Crippen molar-refractivity contribution in [2.45, 2.75) is 51.2 Å². The summed E-state index contributed by atoms with van der Waals surface area (Å²) >= 11 is 1.54. The lowest BCUT2D eigenvalue weighted by Crippen LogP contribution is -2.32. The van der Waals surface area contributed by atoms with Crippen LogP contribution in [0, 0.1) is 6.92 Å². The van der Waals surface area contributed by atoms with Gasteiger partial charge in [0.2, 0.25) is 5.92 Å². The molecule has 24 heavy (non-hydrogen) atoms. The molecule has 0 bridgehead atoms. The predicted molar refractivity (Wildman–Crippen MR) is 91.6 cm³/mol. The lowest BCUT2D eigenvalue weighted by Gasteiger charge is -2.29. The number of nitrogens with one attached hydrogen (secondary N) is 1. The summed E-state index contributed by atoms with van der Waals surface area (Å²) in [6.07, 6.45) is 0.770. The summed E-state index contributed by atoms with van der Waals surface area (Å²) in [6, 6.07) is 3.91. The molecule has 7 heteroatoms. The van der Waals surface area contributed by atoms with Gasteiger partial charge >= 0.3 is 0 Å². The standard InChI is InChI=1S/C17H21F2N3OS/c1-11-10-24-16(20-11)14-7-12(9-23-2)8-15(22-14)21-13-3-5-17(18,19)6-4-13/h7-8,10,13H,3-6,9H2,1-2H3,(H,21,22). The molecule has 2 aromatic heterocycles. The Balaban J connectivity index is 1.80. The topological polar surface area (TPSA) is 47.0 Å². The number of aromatic nitrogens is 2. The molecule has 0 aromatic carbocycles. The van der Waals surface area contributed by atoms with Gasteiger partial charge in [-0.15, -0.1) is 11.3 Å². The van der Waals surface area contributed by atoms with Crippen LogP contribution in [-0.4, -0.2) is 29.0 Å². The summed E-state index contributed by atoms with van der Waals surface area (Å²) in [5, 5.41) is 6.14. The van der Waals surface area contributed by atoms with Crippen LogP contribution in [-0.2, 0) is 11.3 Å². The van der Waals surface area contributed by atoms with Crippen molar-refractivity contribution in [1.29, 1.82) is 0 Å². The molecule has 1 saturated carbocycles. The number of ether oxygens (including phenoxy) is 1. The Morgan fingerprint density at radius 3 is 2.67 bits per heavy atom. The van der Waals surface area contributed by atoms with Gasteiger partial charge in [-0.2, -0.15) is 0 Å². The number of pyridine rings is 1. The molecule has 0 saturated heterocycles. The second-order valence-electron chi connectivity index (χ2n) is 6.25. The number of nitrogens with zero attached hydrogens (tertiary/aromatic N) is 2. The third-order valence-corrected chi connectivity index (χ3v) is 5.09. The number of rotatable bonds is 5. The van der Waals surface area contributed by atoms with E-state index >= 15 is 0 Å². The number of hydrogen-bond acceptors (Lipinski definition) is 5. The fourth-order valence-corrected chi connectivity index (χ4v) is 3.64. The van der Waals surface area contributed by atoms with Crippen molar-refractivity contribution in [2.24, 2.45) is 0 Å². The SMILES string of the molecule is COCc1cc(NC2CCC(F)(F)CC2)nc(-c2nc(C)cs2)c1. The van der Waals surface area contributed by atoms with E-state index in [0.717, 1.165) is 22.0 Å². The second-order valence-corrected chi connectivity index (χ2v) is 7.11. The largest absolute Gasteiger partial charge is 0.380 e. The van der Waals surface area contributed by atoms with Crippen molar-refractivity contribution in [3.05, 3.63) is 28.8 Å². The average molecular weight is 353 g/mol. The monoisotopic (exact) mass is 353 g/mol. The summed E-state index contributed by atoms with van der Waals surface area (Å²) in [5.41, 5.74) is 2.73. The number of alkyl halides is 2. The quantitative estimate of drug-likeness (QED) is 0.850. The Kier molecular flexibility index (Phi) is 5.10. The van der Waals surface area contributed by atoms with Crippen LogP contribution in [0.2, 0.25) is 0 Å². The zero-order chi connectivity index (χ0) is 17.2. The van der Waals surface area contributed by atoms with Crippen molar-refractivity contribution in [2.75, 3.05) is 12.4 Å². The lowest BCUT2D eigenvalue weighted by atomic mass is 9.92. The van der Waals surface area contributed by atoms with Gasteiger partial charge in [-0.3, -0.25) is 0 Å². The highest BCUT2D eigenvalue weighted by atomic mass is 32.1. The third-order valence-electron chi connectivity index (χ3n) is 4.10. The van der Waals surface area contributed by atoms with E-state index in [-0.39, 0.29) is 18.9 Å². The van der Waals surface area contributed by atoms with Crippen molar-refractivity contribution in [3.63, 3.8) is 0 Å². The summed E-state index contributed by atoms with van der Waals surface area (Å²) in [6.45, 7) is 2.41. The highest BCUT2D eigenvalue weighted by Gasteiger charge is 2.34. The van der Waals surface area contributed by atoms with Gasteiger partial charge in [-0.1, -0.05) is 0 Å². The van der Waals surface area contributed by atoms with Crippen LogP contribution in [0.4, 0.5) is 14.6 Å². The summed E-state index contributed by atoms with van der Waals surface area (Å²) in [4.78, 5) is 9.10. The van der Waals surface area contributed by atoms with E-state index in [4.69, 9.17) is 4.74 Å². The first-order valence-corrected chi connectivity index (χ1v) is 8.90. The molecule has 3 rings (SSSR count). The van der Waals surface area contributed by atoms with E-state index in [0.29, 0.717) is 25.3 Å². The smallest absolute Gasteiger partial charge is 0.248 e. The summed E-state index contributed by atoms with van der Waals surface area (Å²) in [7, 11) is 1.64. The molecule has 0 atom stereocenters. The summed E-state index contributed by atoms with van der Waals surface area (Å²) in [5.74, 6) is -1.82. The van der Waals surface area contributed by atoms with Gasteiger partial charge in [-0.05, 0) is 37.5 Å². The number of halogens is 2. The van der Waals surface area contributed by atoms with E-state index in [1.54, 1.807) is 18.4 Å². The molecule has 4 nitrogen and oxygen atoms in total. The highest BCUT2D eigenvalue weighted by molar-refractivity contribution is 7.13. The normalized spacial score (nSPS) is 17.8. The second kappa shape index (κ2) is 7.11. The molecule has 0 spiro atoms. The number of anilines is 1. The van der Waals surface area contributed by atoms with E-state index in [9.17, 15) is 8.78 Å². The molecule has 130 valence electrons. The Bertz CT molecular complexity index is 695. The molecule has 0 unspecified atom stereocenters. The Hall–Kier alpha value is -1.60. The molecule has 1 N–H and O–H groups in total. The van der Waals surface area contributed by atoms with Gasteiger partial charge < -0.3 is 10.1 Å². The van der Waals surface area contributed by atoms with Crippen molar-refractivity contribution in [1.82, 2.24) is 9.97 Å². The molecule has 1 aliphatic carbocycles. The van der Waals surface area contributed by atoms with Crippen molar-refractivity contribution < 1.29 is 13.5 Å². The van der Waals surface area contributed by atoms with Crippen LogP contribution in [0.5, 0.6) is 0 Å². The van der Waals surface area contributed by atoms with Gasteiger partial charge in [0.25, 0.3) is 0 Å². The van der Waals surface area contributed by atoms with Crippen LogP contribution in [0.25, 0.3) is 10.7 Å². The minimum atomic E-state index is -2.52. The molecule has 1 aliphatic rings. The Morgan fingerprint density at radius 1 is 1.29 bits per heavy atom. The number of aryl methyl sites for hydroxylation is 1. The van der Waals surface area contributed by atoms with Crippen LogP contribution in [0.1, 0.15) is 36.9 Å². The molecule has 2 heterocycles. The molecule has 1 fully saturated rings. The maximum absolute atomic E-state index is 13.3. The van der Waals surface area contributed by atoms with Gasteiger partial charge in [0.05, 0.1) is 6.61 Å². The minimum absolute atomic E-state index is 0.0285. The van der Waals surface area contributed by atoms with Gasteiger partial charge in [0.1, 0.15) is 16.5 Å². The molecule has 0 aliphatic heterocycles. The van der Waals surface area contributed by atoms with Crippen LogP contribution in [0.3, 0.4) is 0 Å². The fraction of sp³-hybridized carbons (Fsp3) is 0.529. The molecular weight excluding hydrogens is 332 g/mol. The lowest BCUT2D eigenvalue weighted by molar-refractivity contribution is -0.0361. The Labute approximate surface area is 144 Å². The van der Waals surface area contributed by atoms with E-state index in [1.807, 2.05) is 24.4 Å². The zero-order valence-corrected chi connectivity index (χ0v) is 14.6. The van der Waals surface area contributed by atoms with Gasteiger partial charge in [0, 0.05) is 37.1 Å². The average Bonchev–Trinajstić information content (AvgIpc) is 2.96. The predicted octanol–water partition coefficient (Wildman–Crippen LogP) is 4.65. The zero-order valence-electron chi connectivity index (χ0n) is 13.8. The molecule has 0 radical (unpaired) electrons. The van der Waals surface area contributed by atoms with Crippen LogP contribution >= 0.6 is 11.3 Å². The fourth-order valence-electron chi connectivity index (χ4n) is 2.89. The van der Waals surface area contributed by atoms with E-state index in [1.165, 1.54) is 0 Å². The maximum atomic E-state index is 13.3. The molecule has 0 amide bonds. The first-order chi connectivity index (χ1) is 11.4. The van der Waals surface area contributed by atoms with E-state index < -0.39 is 5.92 Å². The Morgan fingerprint density at radius 2 is 2.04 bits per heavy atom. The minimum Gasteiger partial charge on any atom is -0.380 e. The first-order valence-electron chi connectivity index (χ1n) is 8.02. The van der Waals surface area contributed by atoms with Crippen LogP contribution in [0.15, 0.2) is 17.5 Å². The number of methoxy groups -OCH3 is 1. The van der Waals surface area contributed by atoms with Crippen LogP contribution < -0.4 is 5.32 Å². The van der Waals surface area contributed by atoms with E-state index in [2.05, 4.69) is 15.3 Å². The van der Waals surface area contributed by atoms with Crippen molar-refractivity contribution >= 4 is 17.2 Å². The first kappa shape index (κ1) is 17.2. The summed E-state index contributed by atoms with van der Waals surface area (Å²) < 4.78 is 31.8.